The molecular formula is C14H20N2O5S. The molecule has 0 aromatic heterocycles. The highest BCUT2D eigenvalue weighted by Gasteiger charge is 2.30. The van der Waals surface area contributed by atoms with E-state index in [9.17, 15) is 18.0 Å². The van der Waals surface area contributed by atoms with Crippen molar-refractivity contribution >= 4 is 21.9 Å². The molecule has 0 bridgehead atoms. The number of carboxylic acids is 1. The van der Waals surface area contributed by atoms with Crippen LogP contribution in [0, 0.1) is 0 Å². The molecule has 0 heterocycles. The quantitative estimate of drug-likeness (QED) is 0.669. The van der Waals surface area contributed by atoms with Crippen molar-refractivity contribution in [1.29, 1.82) is 0 Å². The zero-order chi connectivity index (χ0) is 17.0. The molecule has 122 valence electrons. The predicted molar refractivity (Wildman–Crippen MR) is 82.2 cm³/mol. The summed E-state index contributed by atoms with van der Waals surface area (Å²) in [5, 5.41) is 11.5. The lowest BCUT2D eigenvalue weighted by atomic mass is 10.1. The molecule has 0 saturated carbocycles. The summed E-state index contributed by atoms with van der Waals surface area (Å²) < 4.78 is 24.7. The Hall–Kier alpha value is -1.93. The first-order valence-corrected chi connectivity index (χ1v) is 8.50. The van der Waals surface area contributed by atoms with E-state index in [1.54, 1.807) is 12.1 Å². The van der Waals surface area contributed by atoms with Crippen LogP contribution in [0.5, 0.6) is 0 Å². The second-order valence-electron chi connectivity index (χ2n) is 5.51. The molecule has 0 fully saturated rings. The lowest BCUT2D eigenvalue weighted by molar-refractivity contribution is -0.125. The van der Waals surface area contributed by atoms with Crippen molar-refractivity contribution in [3.63, 3.8) is 0 Å². The van der Waals surface area contributed by atoms with Crippen LogP contribution in [-0.4, -0.2) is 43.7 Å². The van der Waals surface area contributed by atoms with E-state index in [1.165, 1.54) is 26.0 Å². The van der Waals surface area contributed by atoms with E-state index in [4.69, 9.17) is 5.11 Å². The van der Waals surface area contributed by atoms with Crippen molar-refractivity contribution in [3.8, 4) is 0 Å². The normalized spacial score (nSPS) is 12.0. The van der Waals surface area contributed by atoms with E-state index in [2.05, 4.69) is 10.0 Å². The van der Waals surface area contributed by atoms with Crippen LogP contribution < -0.4 is 10.0 Å². The van der Waals surface area contributed by atoms with Crippen LogP contribution in [0.4, 0.5) is 0 Å². The molecule has 22 heavy (non-hydrogen) atoms. The Balaban J connectivity index is 2.58. The molecule has 0 saturated heterocycles. The van der Waals surface area contributed by atoms with E-state index in [1.807, 2.05) is 0 Å². The summed E-state index contributed by atoms with van der Waals surface area (Å²) in [5.74, 6) is -1.46. The molecule has 7 nitrogen and oxygen atoms in total. The standard InChI is InChI=1S/C14H20N2O5S/c1-14(2,16-22(3,20)21)13(19)15-8-7-10-5-4-6-11(9-10)12(17)18/h4-6,9,16H,7-8H2,1-3H3,(H,15,19)(H,17,18). The number of amides is 1. The van der Waals surface area contributed by atoms with Crippen molar-refractivity contribution in [2.24, 2.45) is 0 Å². The summed E-state index contributed by atoms with van der Waals surface area (Å²) in [5.41, 5.74) is -0.298. The monoisotopic (exact) mass is 328 g/mol. The highest BCUT2D eigenvalue weighted by molar-refractivity contribution is 7.88. The van der Waals surface area contributed by atoms with Gasteiger partial charge in [0.1, 0.15) is 5.54 Å². The van der Waals surface area contributed by atoms with Gasteiger partial charge in [0.05, 0.1) is 11.8 Å². The summed E-state index contributed by atoms with van der Waals surface area (Å²) in [6.07, 6.45) is 1.43. The Morgan fingerprint density at radius 3 is 2.45 bits per heavy atom. The zero-order valence-electron chi connectivity index (χ0n) is 12.7. The maximum Gasteiger partial charge on any atom is 0.335 e. The molecule has 0 aliphatic rings. The van der Waals surface area contributed by atoms with Gasteiger partial charge in [0.25, 0.3) is 0 Å². The van der Waals surface area contributed by atoms with Crippen LogP contribution in [0.2, 0.25) is 0 Å². The highest BCUT2D eigenvalue weighted by atomic mass is 32.2. The number of nitrogens with one attached hydrogen (secondary N) is 2. The van der Waals surface area contributed by atoms with Gasteiger partial charge in [-0.3, -0.25) is 4.79 Å². The molecule has 1 aromatic carbocycles. The van der Waals surface area contributed by atoms with E-state index in [0.29, 0.717) is 6.42 Å². The number of carbonyl (C=O) groups excluding carboxylic acids is 1. The van der Waals surface area contributed by atoms with Gasteiger partial charge in [-0.25, -0.2) is 17.9 Å². The van der Waals surface area contributed by atoms with Crippen molar-refractivity contribution in [2.45, 2.75) is 25.8 Å². The van der Waals surface area contributed by atoms with Gasteiger partial charge in [-0.05, 0) is 38.0 Å². The summed E-state index contributed by atoms with van der Waals surface area (Å²) in [6, 6.07) is 6.42. The molecule has 0 radical (unpaired) electrons. The fourth-order valence-corrected chi connectivity index (χ4v) is 2.93. The third kappa shape index (κ3) is 5.82. The largest absolute Gasteiger partial charge is 0.478 e. The van der Waals surface area contributed by atoms with E-state index in [0.717, 1.165) is 11.8 Å². The van der Waals surface area contributed by atoms with Crippen molar-refractivity contribution in [1.82, 2.24) is 10.0 Å². The first-order chi connectivity index (χ1) is 10.0. The average Bonchev–Trinajstić information content (AvgIpc) is 2.36. The zero-order valence-corrected chi connectivity index (χ0v) is 13.5. The van der Waals surface area contributed by atoms with Gasteiger partial charge >= 0.3 is 5.97 Å². The number of carboxylic acid groups (broad SMARTS) is 1. The van der Waals surface area contributed by atoms with E-state index in [-0.39, 0.29) is 12.1 Å². The van der Waals surface area contributed by atoms with Crippen LogP contribution in [0.15, 0.2) is 24.3 Å². The molecule has 0 unspecified atom stereocenters. The van der Waals surface area contributed by atoms with Crippen LogP contribution in [-0.2, 0) is 21.2 Å². The number of hydrogen-bond acceptors (Lipinski definition) is 4. The minimum Gasteiger partial charge on any atom is -0.478 e. The second-order valence-corrected chi connectivity index (χ2v) is 7.26. The molecule has 3 N–H and O–H groups in total. The van der Waals surface area contributed by atoms with Gasteiger partial charge < -0.3 is 10.4 Å². The molecular weight excluding hydrogens is 308 g/mol. The molecule has 1 aromatic rings. The topological polar surface area (TPSA) is 113 Å². The Morgan fingerprint density at radius 1 is 1.27 bits per heavy atom. The number of sulfonamides is 1. The van der Waals surface area contributed by atoms with Gasteiger partial charge in [-0.2, -0.15) is 0 Å². The van der Waals surface area contributed by atoms with Crippen molar-refractivity contribution < 1.29 is 23.1 Å². The van der Waals surface area contributed by atoms with Gasteiger partial charge in [0.2, 0.25) is 15.9 Å². The molecule has 0 spiro atoms. The smallest absolute Gasteiger partial charge is 0.335 e. The fourth-order valence-electron chi connectivity index (χ4n) is 1.91. The van der Waals surface area contributed by atoms with Gasteiger partial charge in [0.15, 0.2) is 0 Å². The summed E-state index contributed by atoms with van der Waals surface area (Å²) >= 11 is 0. The molecule has 0 aliphatic carbocycles. The van der Waals surface area contributed by atoms with E-state index < -0.39 is 27.4 Å². The summed E-state index contributed by atoms with van der Waals surface area (Å²) in [7, 11) is -3.50. The Morgan fingerprint density at radius 2 is 1.91 bits per heavy atom. The molecule has 8 heteroatoms. The number of carbonyl (C=O) groups is 2. The maximum atomic E-state index is 12.0. The Kier molecular flexibility index (Phi) is 5.67. The third-order valence-electron chi connectivity index (χ3n) is 2.88. The van der Waals surface area contributed by atoms with Crippen LogP contribution >= 0.6 is 0 Å². The van der Waals surface area contributed by atoms with Crippen molar-refractivity contribution in [3.05, 3.63) is 35.4 Å². The molecule has 0 atom stereocenters. The van der Waals surface area contributed by atoms with Crippen LogP contribution in [0.3, 0.4) is 0 Å². The van der Waals surface area contributed by atoms with Gasteiger partial charge in [-0.15, -0.1) is 0 Å². The lowest BCUT2D eigenvalue weighted by Crippen LogP contribution is -2.54. The predicted octanol–water partition coefficient (Wildman–Crippen LogP) is 0.371. The number of rotatable bonds is 7. The molecule has 0 aliphatic heterocycles. The minimum atomic E-state index is -3.50. The SMILES string of the molecule is CC(C)(NS(C)(=O)=O)C(=O)NCCc1cccc(C(=O)O)c1. The number of aromatic carboxylic acids is 1. The molecule has 1 amide bonds. The van der Waals surface area contributed by atoms with Crippen molar-refractivity contribution in [2.75, 3.05) is 12.8 Å². The van der Waals surface area contributed by atoms with Crippen LogP contribution in [0.25, 0.3) is 0 Å². The first kappa shape index (κ1) is 18.1. The van der Waals surface area contributed by atoms with Gasteiger partial charge in [-0.1, -0.05) is 12.1 Å². The number of benzene rings is 1. The van der Waals surface area contributed by atoms with Gasteiger partial charge in [0, 0.05) is 6.54 Å². The Labute approximate surface area is 129 Å². The fraction of sp³-hybridized carbons (Fsp3) is 0.429. The second kappa shape index (κ2) is 6.89. The minimum absolute atomic E-state index is 0.183. The lowest BCUT2D eigenvalue weighted by Gasteiger charge is -2.23. The first-order valence-electron chi connectivity index (χ1n) is 6.61. The summed E-state index contributed by atoms with van der Waals surface area (Å²) in [4.78, 5) is 22.8. The Bertz CT molecular complexity index is 668. The average molecular weight is 328 g/mol. The van der Waals surface area contributed by atoms with Crippen LogP contribution in [0.1, 0.15) is 29.8 Å². The highest BCUT2D eigenvalue weighted by Crippen LogP contribution is 2.07. The third-order valence-corrected chi connectivity index (χ3v) is 3.76. The molecule has 1 rings (SSSR count). The van der Waals surface area contributed by atoms with E-state index >= 15 is 0 Å². The number of hydrogen-bond donors (Lipinski definition) is 3. The maximum absolute atomic E-state index is 12.0. The summed E-state index contributed by atoms with van der Waals surface area (Å²) in [6.45, 7) is 3.21.